The quantitative estimate of drug-likeness (QED) is 0.509. The number of anilines is 1. The van der Waals surface area contributed by atoms with Crippen molar-refractivity contribution in [2.45, 2.75) is 18.9 Å². The van der Waals surface area contributed by atoms with Gasteiger partial charge >= 0.3 is 0 Å². The SMILES string of the molecule is c1ccc(-c2ccn(-c3cc(N4CCOCC4)n4nc(C5CCCO5)cc4n3)n2)cc1. The molecule has 0 spiro atoms. The summed E-state index contributed by atoms with van der Waals surface area (Å²) in [5.74, 6) is 1.78. The van der Waals surface area contributed by atoms with E-state index < -0.39 is 0 Å². The van der Waals surface area contributed by atoms with Gasteiger partial charge in [-0.15, -0.1) is 0 Å². The van der Waals surface area contributed by atoms with Crippen LogP contribution in [-0.4, -0.2) is 57.3 Å². The Hall–Kier alpha value is -3.23. The first-order chi connectivity index (χ1) is 15.3. The maximum atomic E-state index is 5.87. The Kier molecular flexibility index (Phi) is 4.66. The molecule has 1 atom stereocenters. The number of ether oxygens (including phenoxy) is 2. The first kappa shape index (κ1) is 18.5. The average molecular weight is 416 g/mol. The van der Waals surface area contributed by atoms with E-state index in [9.17, 15) is 0 Å². The first-order valence-corrected chi connectivity index (χ1v) is 10.8. The monoisotopic (exact) mass is 416 g/mol. The molecule has 0 amide bonds. The lowest BCUT2D eigenvalue weighted by Gasteiger charge is -2.29. The number of rotatable bonds is 4. The van der Waals surface area contributed by atoms with E-state index in [-0.39, 0.29) is 6.10 Å². The highest BCUT2D eigenvalue weighted by molar-refractivity contribution is 5.60. The highest BCUT2D eigenvalue weighted by Gasteiger charge is 2.24. The molecule has 6 rings (SSSR count). The summed E-state index contributed by atoms with van der Waals surface area (Å²) < 4.78 is 15.2. The highest BCUT2D eigenvalue weighted by atomic mass is 16.5. The van der Waals surface area contributed by atoms with Crippen LogP contribution in [0.15, 0.2) is 54.7 Å². The van der Waals surface area contributed by atoms with E-state index in [2.05, 4.69) is 23.1 Å². The van der Waals surface area contributed by atoms with Crippen LogP contribution in [0.25, 0.3) is 22.7 Å². The van der Waals surface area contributed by atoms with Crippen molar-refractivity contribution in [2.75, 3.05) is 37.8 Å². The third-order valence-corrected chi connectivity index (χ3v) is 5.90. The lowest BCUT2D eigenvalue weighted by molar-refractivity contribution is 0.108. The lowest BCUT2D eigenvalue weighted by Crippen LogP contribution is -2.37. The second-order valence-corrected chi connectivity index (χ2v) is 7.92. The predicted octanol–water partition coefficient (Wildman–Crippen LogP) is 3.27. The van der Waals surface area contributed by atoms with E-state index >= 15 is 0 Å². The van der Waals surface area contributed by atoms with E-state index in [1.807, 2.05) is 45.7 Å². The molecule has 31 heavy (non-hydrogen) atoms. The van der Waals surface area contributed by atoms with Crippen molar-refractivity contribution in [1.82, 2.24) is 24.4 Å². The Morgan fingerprint density at radius 3 is 2.61 bits per heavy atom. The van der Waals surface area contributed by atoms with Crippen LogP contribution in [0.5, 0.6) is 0 Å². The zero-order valence-corrected chi connectivity index (χ0v) is 17.2. The molecule has 0 aliphatic carbocycles. The molecular weight excluding hydrogens is 392 g/mol. The van der Waals surface area contributed by atoms with E-state index in [1.54, 1.807) is 0 Å². The molecule has 5 heterocycles. The topological polar surface area (TPSA) is 69.7 Å². The number of nitrogens with zero attached hydrogens (tertiary/aromatic N) is 6. The molecule has 4 aromatic rings. The van der Waals surface area contributed by atoms with Gasteiger partial charge in [-0.3, -0.25) is 0 Å². The van der Waals surface area contributed by atoms with Crippen molar-refractivity contribution < 1.29 is 9.47 Å². The summed E-state index contributed by atoms with van der Waals surface area (Å²) in [5.41, 5.74) is 3.76. The van der Waals surface area contributed by atoms with Gasteiger partial charge in [0.15, 0.2) is 11.5 Å². The molecule has 1 unspecified atom stereocenters. The predicted molar refractivity (Wildman–Crippen MR) is 117 cm³/mol. The van der Waals surface area contributed by atoms with Gasteiger partial charge in [0.25, 0.3) is 0 Å². The van der Waals surface area contributed by atoms with Gasteiger partial charge in [-0.25, -0.2) is 9.67 Å². The van der Waals surface area contributed by atoms with Gasteiger partial charge in [0.2, 0.25) is 0 Å². The molecule has 3 aromatic heterocycles. The minimum absolute atomic E-state index is 0.0528. The summed E-state index contributed by atoms with van der Waals surface area (Å²) in [6.07, 6.45) is 4.09. The standard InChI is InChI=1S/C23H24N6O2/c1-2-5-17(6-3-1)18-8-9-28(25-18)21-16-23(27-10-13-30-14-11-27)29-22(24-21)15-19(26-29)20-7-4-12-31-20/h1-3,5-6,8-9,15-16,20H,4,7,10-14H2. The first-order valence-electron chi connectivity index (χ1n) is 10.8. The average Bonchev–Trinajstić information content (AvgIpc) is 3.60. The summed E-state index contributed by atoms with van der Waals surface area (Å²) in [7, 11) is 0. The summed E-state index contributed by atoms with van der Waals surface area (Å²) in [5, 5.41) is 9.66. The number of benzene rings is 1. The third kappa shape index (κ3) is 3.47. The number of morpholine rings is 1. The van der Waals surface area contributed by atoms with Crippen LogP contribution in [-0.2, 0) is 9.47 Å². The molecule has 1 aromatic carbocycles. The van der Waals surface area contributed by atoms with E-state index in [4.69, 9.17) is 24.7 Å². The molecule has 0 radical (unpaired) electrons. The summed E-state index contributed by atoms with van der Waals surface area (Å²) in [6, 6.07) is 16.3. The van der Waals surface area contributed by atoms with Gasteiger partial charge in [0, 0.05) is 43.6 Å². The molecule has 2 aliphatic heterocycles. The zero-order chi connectivity index (χ0) is 20.6. The normalized spacial score (nSPS) is 19.4. The fraction of sp³-hybridized carbons (Fsp3) is 0.348. The van der Waals surface area contributed by atoms with E-state index in [1.165, 1.54) is 0 Å². The highest BCUT2D eigenvalue weighted by Crippen LogP contribution is 2.30. The fourth-order valence-corrected chi connectivity index (χ4v) is 4.28. The van der Waals surface area contributed by atoms with Gasteiger partial charge in [0.1, 0.15) is 11.9 Å². The summed E-state index contributed by atoms with van der Waals surface area (Å²) in [6.45, 7) is 3.85. The van der Waals surface area contributed by atoms with Gasteiger partial charge in [-0.05, 0) is 18.9 Å². The summed E-state index contributed by atoms with van der Waals surface area (Å²) >= 11 is 0. The Bertz CT molecular complexity index is 1190. The number of aromatic nitrogens is 5. The molecule has 8 heteroatoms. The molecule has 8 nitrogen and oxygen atoms in total. The minimum atomic E-state index is 0.0528. The Morgan fingerprint density at radius 1 is 0.935 bits per heavy atom. The van der Waals surface area contributed by atoms with Crippen LogP contribution >= 0.6 is 0 Å². The van der Waals surface area contributed by atoms with Crippen LogP contribution in [0.3, 0.4) is 0 Å². The molecule has 2 aliphatic rings. The second kappa shape index (κ2) is 7.79. The van der Waals surface area contributed by atoms with E-state index in [0.717, 1.165) is 66.8 Å². The smallest absolute Gasteiger partial charge is 0.160 e. The van der Waals surface area contributed by atoms with E-state index in [0.29, 0.717) is 13.2 Å². The largest absolute Gasteiger partial charge is 0.378 e. The van der Waals surface area contributed by atoms with Gasteiger partial charge in [-0.2, -0.15) is 14.7 Å². The van der Waals surface area contributed by atoms with Crippen LogP contribution in [0, 0.1) is 0 Å². The van der Waals surface area contributed by atoms with Gasteiger partial charge in [-0.1, -0.05) is 30.3 Å². The Labute approximate surface area is 180 Å². The zero-order valence-electron chi connectivity index (χ0n) is 17.2. The van der Waals surface area contributed by atoms with Crippen molar-refractivity contribution in [3.05, 3.63) is 60.4 Å². The van der Waals surface area contributed by atoms with Crippen molar-refractivity contribution in [1.29, 1.82) is 0 Å². The lowest BCUT2D eigenvalue weighted by atomic mass is 10.2. The number of hydrogen-bond donors (Lipinski definition) is 0. The molecule has 2 fully saturated rings. The molecular formula is C23H24N6O2. The number of hydrogen-bond acceptors (Lipinski definition) is 6. The number of fused-ring (bicyclic) bond motifs is 1. The van der Waals surface area contributed by atoms with Crippen molar-refractivity contribution in [3.63, 3.8) is 0 Å². The van der Waals surface area contributed by atoms with Gasteiger partial charge in [0.05, 0.1) is 24.6 Å². The van der Waals surface area contributed by atoms with Crippen LogP contribution < -0.4 is 4.90 Å². The molecule has 0 bridgehead atoms. The summed E-state index contributed by atoms with van der Waals surface area (Å²) in [4.78, 5) is 7.19. The fourth-order valence-electron chi connectivity index (χ4n) is 4.28. The minimum Gasteiger partial charge on any atom is -0.378 e. The van der Waals surface area contributed by atoms with Gasteiger partial charge < -0.3 is 14.4 Å². The maximum absolute atomic E-state index is 5.87. The van der Waals surface area contributed by atoms with Crippen LogP contribution in [0.1, 0.15) is 24.6 Å². The third-order valence-electron chi connectivity index (χ3n) is 5.90. The maximum Gasteiger partial charge on any atom is 0.160 e. The van der Waals surface area contributed by atoms with Crippen LogP contribution in [0.2, 0.25) is 0 Å². The molecule has 0 saturated carbocycles. The van der Waals surface area contributed by atoms with Crippen molar-refractivity contribution >= 4 is 11.5 Å². The molecule has 158 valence electrons. The molecule has 0 N–H and O–H groups in total. The Balaban J connectivity index is 1.44. The van der Waals surface area contributed by atoms with Crippen molar-refractivity contribution in [2.24, 2.45) is 0 Å². The Morgan fingerprint density at radius 2 is 1.81 bits per heavy atom. The van der Waals surface area contributed by atoms with Crippen LogP contribution in [0.4, 0.5) is 5.82 Å². The second-order valence-electron chi connectivity index (χ2n) is 7.92. The van der Waals surface area contributed by atoms with Crippen molar-refractivity contribution in [3.8, 4) is 17.1 Å². The molecule has 2 saturated heterocycles.